The third kappa shape index (κ3) is 5.95. The van der Waals surface area contributed by atoms with E-state index in [9.17, 15) is 0 Å². The lowest BCUT2D eigenvalue weighted by molar-refractivity contribution is -0.109. The van der Waals surface area contributed by atoms with Gasteiger partial charge in [0.25, 0.3) is 5.79 Å². The quantitative estimate of drug-likeness (QED) is 0.253. The van der Waals surface area contributed by atoms with Crippen LogP contribution >= 0.6 is 0 Å². The Morgan fingerprint density at radius 3 is 1.34 bits per heavy atom. The molecule has 0 radical (unpaired) electrons. The van der Waals surface area contributed by atoms with Crippen LogP contribution in [0.5, 0.6) is 40.4 Å². The molecular formula is C28H27NO6. The van der Waals surface area contributed by atoms with Crippen molar-refractivity contribution < 1.29 is 28.4 Å². The van der Waals surface area contributed by atoms with Crippen molar-refractivity contribution in [1.82, 2.24) is 4.98 Å². The van der Waals surface area contributed by atoms with Gasteiger partial charge in [-0.3, -0.25) is 0 Å². The van der Waals surface area contributed by atoms with Crippen LogP contribution in [0, 0.1) is 0 Å². The average Bonchev–Trinajstić information content (AvgIpc) is 2.90. The van der Waals surface area contributed by atoms with E-state index in [1.54, 1.807) is 34.3 Å². The Morgan fingerprint density at radius 2 is 0.914 bits per heavy atom. The lowest BCUT2D eigenvalue weighted by Gasteiger charge is -2.31. The van der Waals surface area contributed by atoms with Crippen molar-refractivity contribution >= 4 is 0 Å². The number of rotatable bonds is 10. The van der Waals surface area contributed by atoms with Crippen LogP contribution in [-0.2, 0) is 5.79 Å². The fourth-order valence-electron chi connectivity index (χ4n) is 3.35. The molecule has 3 aromatic carbocycles. The van der Waals surface area contributed by atoms with Gasteiger partial charge in [0, 0.05) is 13.0 Å². The van der Waals surface area contributed by atoms with Gasteiger partial charge in [0.2, 0.25) is 5.88 Å². The summed E-state index contributed by atoms with van der Waals surface area (Å²) in [6, 6.07) is 27.2. The molecule has 0 aliphatic heterocycles. The van der Waals surface area contributed by atoms with E-state index < -0.39 is 5.79 Å². The van der Waals surface area contributed by atoms with Crippen LogP contribution in [0.15, 0.2) is 91.0 Å². The summed E-state index contributed by atoms with van der Waals surface area (Å²) in [5.74, 6) is 3.12. The van der Waals surface area contributed by atoms with Gasteiger partial charge in [-0.15, -0.1) is 0 Å². The molecule has 0 unspecified atom stereocenters. The van der Waals surface area contributed by atoms with Crippen molar-refractivity contribution in [3.8, 4) is 40.4 Å². The van der Waals surface area contributed by atoms with Crippen LogP contribution < -0.4 is 28.4 Å². The number of pyridine rings is 1. The minimum absolute atomic E-state index is 0.399. The lowest BCUT2D eigenvalue weighted by Crippen LogP contribution is -2.37. The van der Waals surface area contributed by atoms with Gasteiger partial charge in [0.1, 0.15) is 40.2 Å². The minimum atomic E-state index is -1.28. The molecule has 7 nitrogen and oxygen atoms in total. The fourth-order valence-corrected chi connectivity index (χ4v) is 3.35. The van der Waals surface area contributed by atoms with Crippen LogP contribution in [-0.4, -0.2) is 26.3 Å². The Hall–Kier alpha value is -4.39. The average molecular weight is 474 g/mol. The predicted octanol–water partition coefficient (Wildman–Crippen LogP) is 6.23. The van der Waals surface area contributed by atoms with Gasteiger partial charge >= 0.3 is 0 Å². The van der Waals surface area contributed by atoms with Crippen molar-refractivity contribution in [2.24, 2.45) is 0 Å². The van der Waals surface area contributed by atoms with Crippen LogP contribution in [0.2, 0.25) is 0 Å². The molecule has 0 saturated carbocycles. The second kappa shape index (κ2) is 10.7. The topological polar surface area (TPSA) is 68.3 Å². The Bertz CT molecular complexity index is 1170. The third-order valence-electron chi connectivity index (χ3n) is 5.21. The first-order valence-corrected chi connectivity index (χ1v) is 11.0. The predicted molar refractivity (Wildman–Crippen MR) is 132 cm³/mol. The summed E-state index contributed by atoms with van der Waals surface area (Å²) in [4.78, 5) is 4.69. The molecule has 4 rings (SSSR count). The fraction of sp³-hybridized carbons (Fsp3) is 0.179. The summed E-state index contributed by atoms with van der Waals surface area (Å²) in [6.45, 7) is 1.81. The highest BCUT2D eigenvalue weighted by Gasteiger charge is 2.34. The summed E-state index contributed by atoms with van der Waals surface area (Å²) in [7, 11) is 4.85. The SMILES string of the molecule is COc1ccc(Oc2cccc(C(C)(Oc3ccc(OC)cc3)Oc3ccc(OC)cc3)n2)cc1. The zero-order valence-electron chi connectivity index (χ0n) is 20.1. The summed E-state index contributed by atoms with van der Waals surface area (Å²) in [5, 5.41) is 0. The Kier molecular flexibility index (Phi) is 7.26. The first-order chi connectivity index (χ1) is 17.0. The summed E-state index contributed by atoms with van der Waals surface area (Å²) >= 11 is 0. The standard InChI is InChI=1S/C28H27NO6/c1-28(34-24-16-10-21(31-3)11-17-24,35-25-18-12-22(32-4)13-19-25)26-6-5-7-27(29-26)33-23-14-8-20(30-2)9-15-23/h5-19H,1-4H3. The van der Waals surface area contributed by atoms with Gasteiger partial charge in [-0.25, -0.2) is 4.98 Å². The molecule has 0 bridgehead atoms. The van der Waals surface area contributed by atoms with E-state index in [1.807, 2.05) is 84.9 Å². The van der Waals surface area contributed by atoms with Crippen LogP contribution in [0.4, 0.5) is 0 Å². The van der Waals surface area contributed by atoms with Gasteiger partial charge in [-0.2, -0.15) is 0 Å². The summed E-state index contributed by atoms with van der Waals surface area (Å²) in [6.07, 6.45) is 0. The monoisotopic (exact) mass is 473 g/mol. The largest absolute Gasteiger partial charge is 0.497 e. The number of hydrogen-bond donors (Lipinski definition) is 0. The first kappa shape index (κ1) is 23.8. The summed E-state index contributed by atoms with van der Waals surface area (Å²) < 4.78 is 34.4. The maximum Gasteiger partial charge on any atom is 0.292 e. The van der Waals surface area contributed by atoms with Crippen molar-refractivity contribution in [2.75, 3.05) is 21.3 Å². The zero-order chi connectivity index (χ0) is 24.7. The number of nitrogens with zero attached hydrogens (tertiary/aromatic N) is 1. The molecule has 35 heavy (non-hydrogen) atoms. The molecule has 0 aliphatic carbocycles. The van der Waals surface area contributed by atoms with Gasteiger partial charge in [0.15, 0.2) is 0 Å². The maximum atomic E-state index is 6.34. The van der Waals surface area contributed by atoms with Gasteiger partial charge in [-0.1, -0.05) is 6.07 Å². The lowest BCUT2D eigenvalue weighted by atomic mass is 10.2. The molecule has 1 heterocycles. The molecule has 0 amide bonds. The Labute approximate surface area is 204 Å². The van der Waals surface area contributed by atoms with E-state index in [2.05, 4.69) is 4.98 Å². The number of ether oxygens (including phenoxy) is 6. The van der Waals surface area contributed by atoms with Gasteiger partial charge in [0.05, 0.1) is 21.3 Å². The van der Waals surface area contributed by atoms with E-state index in [0.717, 1.165) is 17.2 Å². The van der Waals surface area contributed by atoms with E-state index in [1.165, 1.54) is 0 Å². The molecule has 0 saturated heterocycles. The summed E-state index contributed by atoms with van der Waals surface area (Å²) in [5.41, 5.74) is 0.523. The molecule has 180 valence electrons. The molecule has 0 spiro atoms. The van der Waals surface area contributed by atoms with Crippen molar-refractivity contribution in [3.05, 3.63) is 96.7 Å². The Balaban J connectivity index is 1.64. The van der Waals surface area contributed by atoms with Crippen molar-refractivity contribution in [1.29, 1.82) is 0 Å². The molecule has 0 aliphatic rings. The van der Waals surface area contributed by atoms with E-state index in [-0.39, 0.29) is 0 Å². The molecule has 7 heteroatoms. The van der Waals surface area contributed by atoms with Gasteiger partial charge < -0.3 is 28.4 Å². The highest BCUT2D eigenvalue weighted by molar-refractivity contribution is 5.36. The molecule has 4 aromatic rings. The van der Waals surface area contributed by atoms with Gasteiger partial charge in [-0.05, 0) is 78.9 Å². The molecule has 1 aromatic heterocycles. The van der Waals surface area contributed by atoms with Crippen LogP contribution in [0.1, 0.15) is 12.6 Å². The second-order valence-corrected chi connectivity index (χ2v) is 7.64. The molecule has 0 fully saturated rings. The van der Waals surface area contributed by atoms with Crippen molar-refractivity contribution in [3.63, 3.8) is 0 Å². The minimum Gasteiger partial charge on any atom is -0.497 e. The Morgan fingerprint density at radius 1 is 0.514 bits per heavy atom. The number of benzene rings is 3. The third-order valence-corrected chi connectivity index (χ3v) is 5.21. The van der Waals surface area contributed by atoms with Crippen LogP contribution in [0.3, 0.4) is 0 Å². The number of methoxy groups -OCH3 is 3. The second-order valence-electron chi connectivity index (χ2n) is 7.64. The highest BCUT2D eigenvalue weighted by atomic mass is 16.7. The number of hydrogen-bond acceptors (Lipinski definition) is 7. The zero-order valence-corrected chi connectivity index (χ0v) is 20.1. The smallest absolute Gasteiger partial charge is 0.292 e. The van der Waals surface area contributed by atoms with E-state index in [0.29, 0.717) is 28.8 Å². The van der Waals surface area contributed by atoms with E-state index >= 15 is 0 Å². The maximum absolute atomic E-state index is 6.34. The normalized spacial score (nSPS) is 10.9. The molecular weight excluding hydrogens is 446 g/mol. The van der Waals surface area contributed by atoms with Crippen LogP contribution in [0.25, 0.3) is 0 Å². The first-order valence-electron chi connectivity index (χ1n) is 11.0. The molecule has 0 N–H and O–H groups in total. The number of aromatic nitrogens is 1. The van der Waals surface area contributed by atoms with E-state index in [4.69, 9.17) is 28.4 Å². The highest BCUT2D eigenvalue weighted by Crippen LogP contribution is 2.33. The molecule has 0 atom stereocenters. The van der Waals surface area contributed by atoms with Crippen molar-refractivity contribution in [2.45, 2.75) is 12.7 Å².